The highest BCUT2D eigenvalue weighted by molar-refractivity contribution is 7.86. The quantitative estimate of drug-likeness (QED) is 0.596. The van der Waals surface area contributed by atoms with E-state index >= 15 is 0 Å². The first kappa shape index (κ1) is 22.4. The Labute approximate surface area is 154 Å². The molecule has 0 saturated carbocycles. The summed E-state index contributed by atoms with van der Waals surface area (Å²) in [7, 11) is -3.45. The summed E-state index contributed by atoms with van der Waals surface area (Å²) in [5.41, 5.74) is 0. The molecule has 1 amide bonds. The van der Waals surface area contributed by atoms with Crippen LogP contribution in [0.3, 0.4) is 0 Å². The van der Waals surface area contributed by atoms with Crippen molar-refractivity contribution in [3.8, 4) is 0 Å². The number of piperidine rings is 1. The Morgan fingerprint density at radius 2 is 1.64 bits per heavy atom. The van der Waals surface area contributed by atoms with Crippen molar-refractivity contribution < 1.29 is 13.2 Å². The average Bonchev–Trinajstić information content (AvgIpc) is 2.53. The summed E-state index contributed by atoms with van der Waals surface area (Å²) >= 11 is 0. The number of nitrogens with zero attached hydrogens (tertiary/aromatic N) is 2. The van der Waals surface area contributed by atoms with E-state index in [4.69, 9.17) is 0 Å². The first-order chi connectivity index (χ1) is 11.7. The lowest BCUT2D eigenvalue weighted by Crippen LogP contribution is -2.50. The van der Waals surface area contributed by atoms with Crippen LogP contribution in [0, 0.1) is 17.8 Å². The van der Waals surface area contributed by atoms with E-state index in [1.165, 1.54) is 0 Å². The molecule has 0 aliphatic carbocycles. The molecule has 1 rings (SSSR count). The molecule has 0 unspecified atom stereocenters. The monoisotopic (exact) mass is 375 g/mol. The fraction of sp³-hybridized carbons (Fsp3) is 0.944. The number of hydrogen-bond donors (Lipinski definition) is 1. The van der Waals surface area contributed by atoms with E-state index in [1.54, 1.807) is 8.61 Å². The zero-order valence-corrected chi connectivity index (χ0v) is 17.4. The van der Waals surface area contributed by atoms with Crippen LogP contribution in [0.15, 0.2) is 0 Å². The zero-order valence-electron chi connectivity index (χ0n) is 16.6. The Bertz CT molecular complexity index is 488. The maximum atomic E-state index is 13.0. The van der Waals surface area contributed by atoms with E-state index in [9.17, 15) is 13.2 Å². The number of amides is 1. The zero-order chi connectivity index (χ0) is 19.0. The minimum atomic E-state index is -3.45. The second-order valence-corrected chi connectivity index (χ2v) is 9.86. The van der Waals surface area contributed by atoms with E-state index in [2.05, 4.69) is 12.2 Å². The Hall–Kier alpha value is -0.660. The van der Waals surface area contributed by atoms with Gasteiger partial charge in [-0.05, 0) is 31.1 Å². The smallest absolute Gasteiger partial charge is 0.281 e. The van der Waals surface area contributed by atoms with Crippen LogP contribution in [-0.4, -0.2) is 55.7 Å². The maximum absolute atomic E-state index is 13.0. The molecule has 0 aromatic carbocycles. The summed E-state index contributed by atoms with van der Waals surface area (Å²) in [5, 5.41) is 2.96. The van der Waals surface area contributed by atoms with Crippen LogP contribution in [0.5, 0.6) is 0 Å². The minimum Gasteiger partial charge on any atom is -0.356 e. The lowest BCUT2D eigenvalue weighted by Gasteiger charge is -2.35. The van der Waals surface area contributed by atoms with Gasteiger partial charge in [-0.15, -0.1) is 0 Å². The third-order valence-electron chi connectivity index (χ3n) is 4.44. The first-order valence-electron chi connectivity index (χ1n) is 9.71. The predicted octanol–water partition coefficient (Wildman–Crippen LogP) is 2.47. The average molecular weight is 376 g/mol. The van der Waals surface area contributed by atoms with E-state index < -0.39 is 10.2 Å². The Morgan fingerprint density at radius 1 is 1.12 bits per heavy atom. The van der Waals surface area contributed by atoms with Gasteiger partial charge in [0.25, 0.3) is 10.2 Å². The van der Waals surface area contributed by atoms with Gasteiger partial charge in [-0.1, -0.05) is 41.0 Å². The van der Waals surface area contributed by atoms with Gasteiger partial charge in [-0.3, -0.25) is 4.79 Å². The molecule has 148 valence electrons. The molecule has 0 bridgehead atoms. The molecular weight excluding hydrogens is 338 g/mol. The van der Waals surface area contributed by atoms with Crippen LogP contribution in [0.2, 0.25) is 0 Å². The van der Waals surface area contributed by atoms with Gasteiger partial charge in [-0.2, -0.15) is 17.0 Å². The van der Waals surface area contributed by atoms with Crippen LogP contribution in [-0.2, 0) is 15.0 Å². The predicted molar refractivity (Wildman–Crippen MR) is 102 cm³/mol. The van der Waals surface area contributed by atoms with Gasteiger partial charge in [0.05, 0.1) is 0 Å². The number of carbonyl (C=O) groups excluding carboxylic acids is 1. The van der Waals surface area contributed by atoms with Crippen molar-refractivity contribution in [1.82, 2.24) is 13.9 Å². The molecule has 0 radical (unpaired) electrons. The van der Waals surface area contributed by atoms with Gasteiger partial charge < -0.3 is 5.32 Å². The van der Waals surface area contributed by atoms with E-state index in [0.29, 0.717) is 45.6 Å². The first-order valence-corrected chi connectivity index (χ1v) is 11.1. The fourth-order valence-electron chi connectivity index (χ4n) is 3.12. The summed E-state index contributed by atoms with van der Waals surface area (Å²) in [6.07, 6.45) is 3.25. The summed E-state index contributed by atoms with van der Waals surface area (Å²) < 4.78 is 29.2. The van der Waals surface area contributed by atoms with Crippen molar-refractivity contribution in [3.05, 3.63) is 0 Å². The van der Waals surface area contributed by atoms with Crippen molar-refractivity contribution in [1.29, 1.82) is 0 Å². The minimum absolute atomic E-state index is 0.0630. The molecular formula is C18H37N3O3S. The maximum Gasteiger partial charge on any atom is 0.281 e. The van der Waals surface area contributed by atoms with Crippen LogP contribution >= 0.6 is 0 Å². The van der Waals surface area contributed by atoms with Crippen LogP contribution in [0.1, 0.15) is 60.3 Å². The third kappa shape index (κ3) is 7.23. The molecule has 0 aromatic heterocycles. The Morgan fingerprint density at radius 3 is 2.08 bits per heavy atom. The molecule has 1 saturated heterocycles. The van der Waals surface area contributed by atoms with Crippen molar-refractivity contribution in [2.75, 3.05) is 32.7 Å². The molecule has 0 atom stereocenters. The molecule has 1 fully saturated rings. The summed E-state index contributed by atoms with van der Waals surface area (Å²) in [4.78, 5) is 12.2. The second kappa shape index (κ2) is 10.5. The van der Waals surface area contributed by atoms with E-state index in [0.717, 1.165) is 12.8 Å². The molecule has 0 spiro atoms. The summed E-state index contributed by atoms with van der Waals surface area (Å²) in [6, 6.07) is 0. The summed E-state index contributed by atoms with van der Waals surface area (Å²) in [5.74, 6) is 0.587. The van der Waals surface area contributed by atoms with Crippen LogP contribution < -0.4 is 5.32 Å². The van der Waals surface area contributed by atoms with Crippen molar-refractivity contribution in [2.45, 2.75) is 60.3 Å². The lowest BCUT2D eigenvalue weighted by molar-refractivity contribution is -0.126. The van der Waals surface area contributed by atoms with Crippen molar-refractivity contribution in [2.24, 2.45) is 17.8 Å². The van der Waals surface area contributed by atoms with Gasteiger partial charge >= 0.3 is 0 Å². The highest BCUT2D eigenvalue weighted by Gasteiger charge is 2.35. The number of hydrogen-bond acceptors (Lipinski definition) is 3. The van der Waals surface area contributed by atoms with Gasteiger partial charge in [0, 0.05) is 38.6 Å². The van der Waals surface area contributed by atoms with Crippen LogP contribution in [0.4, 0.5) is 0 Å². The molecule has 1 aliphatic rings. The molecule has 25 heavy (non-hydrogen) atoms. The van der Waals surface area contributed by atoms with Gasteiger partial charge in [-0.25, -0.2) is 0 Å². The third-order valence-corrected chi connectivity index (χ3v) is 6.41. The topological polar surface area (TPSA) is 69.7 Å². The molecule has 1 N–H and O–H groups in total. The molecule has 7 heteroatoms. The van der Waals surface area contributed by atoms with Crippen molar-refractivity contribution in [3.63, 3.8) is 0 Å². The SMILES string of the molecule is CCCCNC(=O)C1CCN(S(=O)(=O)N(CC(C)C)CC(C)C)CC1. The summed E-state index contributed by atoms with van der Waals surface area (Å²) in [6.45, 7) is 12.9. The van der Waals surface area contributed by atoms with Crippen molar-refractivity contribution >= 4 is 16.1 Å². The molecule has 1 aliphatic heterocycles. The standard InChI is InChI=1S/C18H37N3O3S/c1-6-7-10-19-18(22)17-8-11-20(12-9-17)25(23,24)21(13-15(2)3)14-16(4)5/h15-17H,6-14H2,1-5H3,(H,19,22). The molecule has 1 heterocycles. The molecule has 6 nitrogen and oxygen atoms in total. The highest BCUT2D eigenvalue weighted by atomic mass is 32.2. The van der Waals surface area contributed by atoms with E-state index in [-0.39, 0.29) is 23.7 Å². The fourth-order valence-corrected chi connectivity index (χ4v) is 5.09. The second-order valence-electron chi connectivity index (χ2n) is 7.93. The molecule has 0 aromatic rings. The number of unbranched alkanes of at least 4 members (excludes halogenated alkanes) is 1. The number of nitrogens with one attached hydrogen (secondary N) is 1. The van der Waals surface area contributed by atoms with Gasteiger partial charge in [0.15, 0.2) is 0 Å². The number of carbonyl (C=O) groups is 1. The Kier molecular flexibility index (Phi) is 9.38. The van der Waals surface area contributed by atoms with Gasteiger partial charge in [0.2, 0.25) is 5.91 Å². The normalized spacial score (nSPS) is 17.6. The number of rotatable bonds is 10. The van der Waals surface area contributed by atoms with E-state index in [1.807, 2.05) is 27.7 Å². The van der Waals surface area contributed by atoms with Gasteiger partial charge in [0.1, 0.15) is 0 Å². The lowest BCUT2D eigenvalue weighted by atomic mass is 9.97. The Balaban J connectivity index is 2.64. The largest absolute Gasteiger partial charge is 0.356 e. The highest BCUT2D eigenvalue weighted by Crippen LogP contribution is 2.23. The van der Waals surface area contributed by atoms with Crippen LogP contribution in [0.25, 0.3) is 0 Å².